The molecule has 0 amide bonds. The van der Waals surface area contributed by atoms with Crippen LogP contribution in [0.15, 0.2) is 41.6 Å². The minimum absolute atomic E-state index is 0.129. The summed E-state index contributed by atoms with van der Waals surface area (Å²) in [5, 5.41) is 0. The van der Waals surface area contributed by atoms with Crippen molar-refractivity contribution in [3.63, 3.8) is 0 Å². The summed E-state index contributed by atoms with van der Waals surface area (Å²) in [7, 11) is -3.70. The third-order valence-corrected chi connectivity index (χ3v) is 4.36. The van der Waals surface area contributed by atoms with Crippen LogP contribution in [-0.4, -0.2) is 24.9 Å². The Hall–Kier alpha value is -2.14. The first-order valence-corrected chi connectivity index (χ1v) is 7.82. The second-order valence-corrected chi connectivity index (χ2v) is 6.00. The molecule has 0 saturated heterocycles. The van der Waals surface area contributed by atoms with E-state index in [-0.39, 0.29) is 11.4 Å². The normalized spacial score (nSPS) is 12.5. The lowest BCUT2D eigenvalue weighted by atomic mass is 10.2. The first-order valence-electron chi connectivity index (χ1n) is 6.34. The molecule has 2 aromatic rings. The number of hydrogen-bond donors (Lipinski definition) is 3. The number of aromatic amines is 1. The lowest BCUT2D eigenvalue weighted by Gasteiger charge is -2.13. The first kappa shape index (κ1) is 15.3. The number of H-pyrrole nitrogens is 1. The smallest absolute Gasteiger partial charge is 0.242 e. The van der Waals surface area contributed by atoms with E-state index in [1.54, 1.807) is 37.5 Å². The molecule has 6 nitrogen and oxygen atoms in total. The van der Waals surface area contributed by atoms with Gasteiger partial charge in [-0.1, -0.05) is 24.0 Å². The topological polar surface area (TPSA) is 101 Å². The van der Waals surface area contributed by atoms with Crippen molar-refractivity contribution in [1.82, 2.24) is 14.7 Å². The summed E-state index contributed by atoms with van der Waals surface area (Å²) in [6.45, 7) is 1.88. The number of rotatable bonds is 4. The van der Waals surface area contributed by atoms with Crippen molar-refractivity contribution >= 4 is 10.0 Å². The van der Waals surface area contributed by atoms with Crippen molar-refractivity contribution in [3.05, 3.63) is 48.0 Å². The number of hydrogen-bond acceptors (Lipinski definition) is 4. The molecule has 0 spiro atoms. The maximum atomic E-state index is 12.5. The van der Waals surface area contributed by atoms with E-state index in [0.717, 1.165) is 0 Å². The zero-order chi connectivity index (χ0) is 15.3. The minimum atomic E-state index is -3.70. The lowest BCUT2D eigenvalue weighted by Crippen LogP contribution is -2.28. The average Bonchev–Trinajstić information content (AvgIpc) is 2.99. The van der Waals surface area contributed by atoms with E-state index in [1.807, 2.05) is 0 Å². The molecule has 7 heteroatoms. The van der Waals surface area contributed by atoms with Crippen molar-refractivity contribution in [2.24, 2.45) is 5.73 Å². The van der Waals surface area contributed by atoms with Crippen LogP contribution in [0.3, 0.4) is 0 Å². The second kappa shape index (κ2) is 6.54. The standard InChI is InChI=1S/C14H16N4O2S/c1-11(14-16-9-10-17-14)18-21(19,20)13-7-3-2-5-12(13)6-4-8-15/h2-3,5,7,9-11,18H,8,15H2,1H3,(H,16,17). The summed E-state index contributed by atoms with van der Waals surface area (Å²) in [6, 6.07) is 6.07. The zero-order valence-electron chi connectivity index (χ0n) is 11.5. The molecule has 0 aliphatic rings. The number of imidazole rings is 1. The van der Waals surface area contributed by atoms with Crippen molar-refractivity contribution in [3.8, 4) is 11.8 Å². The van der Waals surface area contributed by atoms with Crippen LogP contribution < -0.4 is 10.5 Å². The fraction of sp³-hybridized carbons (Fsp3) is 0.214. The number of benzene rings is 1. The van der Waals surface area contributed by atoms with Gasteiger partial charge in [-0.3, -0.25) is 0 Å². The van der Waals surface area contributed by atoms with E-state index >= 15 is 0 Å². The van der Waals surface area contributed by atoms with Crippen LogP contribution in [0.2, 0.25) is 0 Å². The van der Waals surface area contributed by atoms with Gasteiger partial charge in [0.05, 0.1) is 17.5 Å². The Morgan fingerprint density at radius 1 is 1.43 bits per heavy atom. The summed E-state index contributed by atoms with van der Waals surface area (Å²) in [5.74, 6) is 5.98. The van der Waals surface area contributed by atoms with Gasteiger partial charge in [-0.05, 0) is 19.1 Å². The van der Waals surface area contributed by atoms with Gasteiger partial charge in [-0.2, -0.15) is 0 Å². The van der Waals surface area contributed by atoms with Gasteiger partial charge in [0.25, 0.3) is 0 Å². The SMILES string of the molecule is CC(NS(=O)(=O)c1ccccc1C#CCN)c1ncc[nH]1. The number of aromatic nitrogens is 2. The molecule has 1 aromatic heterocycles. The largest absolute Gasteiger partial charge is 0.347 e. The van der Waals surface area contributed by atoms with Crippen LogP contribution in [0.5, 0.6) is 0 Å². The fourth-order valence-corrected chi connectivity index (χ4v) is 3.19. The highest BCUT2D eigenvalue weighted by molar-refractivity contribution is 7.89. The molecular formula is C14H16N4O2S. The molecule has 0 bridgehead atoms. The lowest BCUT2D eigenvalue weighted by molar-refractivity contribution is 0.561. The molecule has 0 fully saturated rings. The van der Waals surface area contributed by atoms with Crippen LogP contribution >= 0.6 is 0 Å². The molecule has 4 N–H and O–H groups in total. The monoisotopic (exact) mass is 304 g/mol. The Bertz CT molecular complexity index is 758. The van der Waals surface area contributed by atoms with E-state index in [9.17, 15) is 8.42 Å². The van der Waals surface area contributed by atoms with E-state index < -0.39 is 16.1 Å². The molecule has 0 aliphatic heterocycles. The summed E-state index contributed by atoms with van der Waals surface area (Å²) >= 11 is 0. The molecule has 0 radical (unpaired) electrons. The Balaban J connectivity index is 2.32. The van der Waals surface area contributed by atoms with Crippen LogP contribution in [0.25, 0.3) is 0 Å². The Labute approximate surface area is 123 Å². The summed E-state index contributed by atoms with van der Waals surface area (Å²) in [5.41, 5.74) is 5.75. The summed E-state index contributed by atoms with van der Waals surface area (Å²) in [6.07, 6.45) is 3.21. The summed E-state index contributed by atoms with van der Waals surface area (Å²) < 4.78 is 27.5. The van der Waals surface area contributed by atoms with Gasteiger partial charge in [-0.25, -0.2) is 18.1 Å². The van der Waals surface area contributed by atoms with E-state index in [4.69, 9.17) is 5.73 Å². The third-order valence-electron chi connectivity index (χ3n) is 2.76. The molecule has 0 saturated carbocycles. The molecule has 2 rings (SSSR count). The van der Waals surface area contributed by atoms with E-state index in [1.165, 1.54) is 6.07 Å². The van der Waals surface area contributed by atoms with Crippen molar-refractivity contribution in [2.45, 2.75) is 17.9 Å². The highest BCUT2D eigenvalue weighted by Gasteiger charge is 2.21. The zero-order valence-corrected chi connectivity index (χ0v) is 12.3. The van der Waals surface area contributed by atoms with Gasteiger partial charge in [0.1, 0.15) is 5.82 Å². The van der Waals surface area contributed by atoms with Crippen molar-refractivity contribution in [2.75, 3.05) is 6.54 Å². The Morgan fingerprint density at radius 2 is 2.19 bits per heavy atom. The fourth-order valence-electron chi connectivity index (χ4n) is 1.82. The van der Waals surface area contributed by atoms with Crippen LogP contribution in [0, 0.1) is 11.8 Å². The molecule has 1 atom stereocenters. The van der Waals surface area contributed by atoms with Gasteiger partial charge in [0, 0.05) is 18.0 Å². The van der Waals surface area contributed by atoms with Crippen molar-refractivity contribution in [1.29, 1.82) is 0 Å². The van der Waals surface area contributed by atoms with Gasteiger partial charge in [0.15, 0.2) is 0 Å². The third kappa shape index (κ3) is 3.70. The van der Waals surface area contributed by atoms with Crippen LogP contribution in [-0.2, 0) is 10.0 Å². The highest BCUT2D eigenvalue weighted by Crippen LogP contribution is 2.17. The van der Waals surface area contributed by atoms with Gasteiger partial charge < -0.3 is 10.7 Å². The second-order valence-electron chi connectivity index (χ2n) is 4.32. The predicted molar refractivity (Wildman–Crippen MR) is 79.7 cm³/mol. The molecule has 1 aromatic carbocycles. The predicted octanol–water partition coefficient (Wildman–Crippen LogP) is 0.759. The van der Waals surface area contributed by atoms with Gasteiger partial charge in [0.2, 0.25) is 10.0 Å². The van der Waals surface area contributed by atoms with Crippen molar-refractivity contribution < 1.29 is 8.42 Å². The Kier molecular flexibility index (Phi) is 4.75. The molecule has 21 heavy (non-hydrogen) atoms. The number of nitrogens with one attached hydrogen (secondary N) is 2. The van der Waals surface area contributed by atoms with Gasteiger partial charge in [-0.15, -0.1) is 0 Å². The van der Waals surface area contributed by atoms with E-state index in [2.05, 4.69) is 26.5 Å². The number of nitrogens with zero attached hydrogens (tertiary/aromatic N) is 1. The maximum Gasteiger partial charge on any atom is 0.242 e. The minimum Gasteiger partial charge on any atom is -0.347 e. The molecule has 110 valence electrons. The summed E-state index contributed by atoms with van der Waals surface area (Å²) in [4.78, 5) is 7.05. The average molecular weight is 304 g/mol. The molecule has 1 unspecified atom stereocenters. The molecular weight excluding hydrogens is 288 g/mol. The first-order chi connectivity index (χ1) is 10.0. The van der Waals surface area contributed by atoms with Gasteiger partial charge >= 0.3 is 0 Å². The maximum absolute atomic E-state index is 12.5. The molecule has 1 heterocycles. The van der Waals surface area contributed by atoms with Crippen LogP contribution in [0.1, 0.15) is 24.4 Å². The number of sulfonamides is 1. The highest BCUT2D eigenvalue weighted by atomic mass is 32.2. The molecule has 0 aliphatic carbocycles. The Morgan fingerprint density at radius 3 is 2.86 bits per heavy atom. The quantitative estimate of drug-likeness (QED) is 0.726. The van der Waals surface area contributed by atoms with E-state index in [0.29, 0.717) is 11.4 Å². The number of nitrogens with two attached hydrogens (primary N) is 1. The van der Waals surface area contributed by atoms with Crippen LogP contribution in [0.4, 0.5) is 0 Å².